The fraction of sp³-hybridized carbons (Fsp3) is 1.00. The highest BCUT2D eigenvalue weighted by Crippen LogP contribution is 2.44. The molecule has 1 aliphatic heterocycles. The molecule has 6 nitrogen and oxygen atoms in total. The van der Waals surface area contributed by atoms with Gasteiger partial charge in [0.05, 0.1) is 13.2 Å². The van der Waals surface area contributed by atoms with E-state index in [1.807, 2.05) is 0 Å². The van der Waals surface area contributed by atoms with Gasteiger partial charge in [0.1, 0.15) is 12.2 Å². The molecule has 0 aromatic carbocycles. The van der Waals surface area contributed by atoms with E-state index in [-0.39, 0.29) is 13.2 Å². The van der Waals surface area contributed by atoms with Crippen LogP contribution in [0.3, 0.4) is 0 Å². The van der Waals surface area contributed by atoms with Crippen molar-refractivity contribution in [3.05, 3.63) is 0 Å². The minimum absolute atomic E-state index is 0.106. The lowest BCUT2D eigenvalue weighted by Gasteiger charge is -2.15. The molecule has 0 radical (unpaired) electrons. The summed E-state index contributed by atoms with van der Waals surface area (Å²) in [5.41, 5.74) is 0. The molecule has 1 unspecified atom stereocenters. The van der Waals surface area contributed by atoms with Crippen molar-refractivity contribution >= 4 is 7.82 Å². The van der Waals surface area contributed by atoms with Gasteiger partial charge in [-0.3, -0.25) is 9.05 Å². The van der Waals surface area contributed by atoms with Gasteiger partial charge in [-0.05, 0) is 0 Å². The van der Waals surface area contributed by atoms with E-state index in [2.05, 4.69) is 9.05 Å². The third kappa shape index (κ3) is 2.52. The van der Waals surface area contributed by atoms with Crippen LogP contribution < -0.4 is 0 Å². The molecule has 1 fully saturated rings. The molecule has 0 aromatic rings. The first kappa shape index (κ1) is 10.1. The maximum atomic E-state index is 10.8. The van der Waals surface area contributed by atoms with Crippen LogP contribution in [0.1, 0.15) is 0 Å². The van der Waals surface area contributed by atoms with E-state index in [0.29, 0.717) is 0 Å². The van der Waals surface area contributed by atoms with Gasteiger partial charge in [0.2, 0.25) is 0 Å². The van der Waals surface area contributed by atoms with E-state index in [1.165, 1.54) is 0 Å². The summed E-state index contributed by atoms with van der Waals surface area (Å²) >= 11 is 0. The third-order valence-electron chi connectivity index (χ3n) is 1.50. The first-order valence-corrected chi connectivity index (χ1v) is 4.87. The van der Waals surface area contributed by atoms with Crippen LogP contribution in [0.4, 0.5) is 0 Å². The summed E-state index contributed by atoms with van der Waals surface area (Å²) in [6, 6.07) is 0. The van der Waals surface area contributed by atoms with Crippen LogP contribution in [0.2, 0.25) is 0 Å². The normalized spacial score (nSPS) is 34.9. The van der Waals surface area contributed by atoms with E-state index in [4.69, 9.17) is 14.7 Å². The third-order valence-corrected chi connectivity index (χ3v) is 2.50. The van der Waals surface area contributed by atoms with Crippen molar-refractivity contribution in [2.75, 3.05) is 20.3 Å². The number of hydrogen-bond acceptors (Lipinski definition) is 5. The van der Waals surface area contributed by atoms with E-state index < -0.39 is 20.0 Å². The van der Waals surface area contributed by atoms with Gasteiger partial charge in [0.15, 0.2) is 0 Å². The summed E-state index contributed by atoms with van der Waals surface area (Å²) in [4.78, 5) is 8.85. The number of phosphoric acid groups is 1. The molecule has 72 valence electrons. The minimum atomic E-state index is -4.00. The summed E-state index contributed by atoms with van der Waals surface area (Å²) in [6.07, 6.45) is -1.64. The second-order valence-electron chi connectivity index (χ2n) is 2.40. The predicted molar refractivity (Wildman–Crippen MR) is 38.5 cm³/mol. The minimum Gasteiger partial charge on any atom is -0.388 e. The number of ether oxygens (including phenoxy) is 1. The number of phosphoric ester groups is 1. The van der Waals surface area contributed by atoms with E-state index in [9.17, 15) is 4.57 Å². The van der Waals surface area contributed by atoms with E-state index in [1.54, 1.807) is 0 Å². The lowest BCUT2D eigenvalue weighted by Crippen LogP contribution is -2.25. The van der Waals surface area contributed by atoms with Crippen molar-refractivity contribution in [3.63, 3.8) is 0 Å². The largest absolute Gasteiger partial charge is 0.472 e. The van der Waals surface area contributed by atoms with Gasteiger partial charge in [0, 0.05) is 7.11 Å². The van der Waals surface area contributed by atoms with Crippen molar-refractivity contribution in [1.82, 2.24) is 0 Å². The summed E-state index contributed by atoms with van der Waals surface area (Å²) in [6.45, 7) is 0.226. The molecule has 1 heterocycles. The molecule has 0 aromatic heterocycles. The quantitative estimate of drug-likeness (QED) is 0.595. The topological polar surface area (TPSA) is 85.2 Å². The Morgan fingerprint density at radius 2 is 2.25 bits per heavy atom. The zero-order valence-electron chi connectivity index (χ0n) is 6.54. The molecule has 0 amide bonds. The van der Waals surface area contributed by atoms with Gasteiger partial charge < -0.3 is 14.7 Å². The van der Waals surface area contributed by atoms with Crippen LogP contribution in [0, 0.1) is 0 Å². The van der Waals surface area contributed by atoms with Crippen molar-refractivity contribution in [3.8, 4) is 0 Å². The van der Waals surface area contributed by atoms with E-state index in [0.717, 1.165) is 7.11 Å². The monoisotopic (exact) mass is 198 g/mol. The first-order chi connectivity index (χ1) is 5.55. The summed E-state index contributed by atoms with van der Waals surface area (Å²) in [7, 11) is -2.94. The Kier molecular flexibility index (Phi) is 3.22. The Labute approximate surface area is 69.7 Å². The Hall–Kier alpha value is 0.0300. The zero-order chi connectivity index (χ0) is 9.19. The molecule has 3 atom stereocenters. The van der Waals surface area contributed by atoms with Gasteiger partial charge >= 0.3 is 7.82 Å². The molecule has 0 bridgehead atoms. The lowest BCUT2D eigenvalue weighted by atomic mass is 10.3. The highest BCUT2D eigenvalue weighted by molar-refractivity contribution is 7.47. The second-order valence-corrected chi connectivity index (χ2v) is 3.91. The SMILES string of the molecule is COP(=O)(O)O[C@@H]1COC[C@@H]1O. The molecular weight excluding hydrogens is 187 g/mol. The molecule has 0 aliphatic carbocycles. The van der Waals surface area contributed by atoms with Crippen LogP contribution in [-0.4, -0.2) is 42.5 Å². The fourth-order valence-corrected chi connectivity index (χ4v) is 1.47. The number of rotatable bonds is 3. The zero-order valence-corrected chi connectivity index (χ0v) is 7.44. The Bertz CT molecular complexity index is 194. The number of hydrogen-bond donors (Lipinski definition) is 2. The predicted octanol–water partition coefficient (Wildman–Crippen LogP) is -0.491. The molecule has 0 spiro atoms. The average Bonchev–Trinajstić information content (AvgIpc) is 2.36. The average molecular weight is 198 g/mol. The highest BCUT2D eigenvalue weighted by atomic mass is 31.2. The smallest absolute Gasteiger partial charge is 0.388 e. The van der Waals surface area contributed by atoms with Gasteiger partial charge in [-0.15, -0.1) is 0 Å². The van der Waals surface area contributed by atoms with Gasteiger partial charge in [-0.1, -0.05) is 0 Å². The fourth-order valence-electron chi connectivity index (χ4n) is 0.838. The molecule has 0 saturated carbocycles. The molecule has 1 rings (SSSR count). The van der Waals surface area contributed by atoms with Crippen LogP contribution in [-0.2, 0) is 18.3 Å². The van der Waals surface area contributed by atoms with Crippen LogP contribution in [0.5, 0.6) is 0 Å². The Morgan fingerprint density at radius 1 is 1.58 bits per heavy atom. The summed E-state index contributed by atoms with van der Waals surface area (Å²) in [5, 5.41) is 9.11. The lowest BCUT2D eigenvalue weighted by molar-refractivity contribution is 0.0449. The van der Waals surface area contributed by atoms with Gasteiger partial charge in [-0.25, -0.2) is 4.57 Å². The number of aliphatic hydroxyl groups is 1. The van der Waals surface area contributed by atoms with Crippen molar-refractivity contribution in [1.29, 1.82) is 0 Å². The van der Waals surface area contributed by atoms with Crippen molar-refractivity contribution < 1.29 is 28.3 Å². The Balaban J connectivity index is 2.45. The molecule has 2 N–H and O–H groups in total. The van der Waals surface area contributed by atoms with Crippen molar-refractivity contribution in [2.45, 2.75) is 12.2 Å². The van der Waals surface area contributed by atoms with Gasteiger partial charge in [0.25, 0.3) is 0 Å². The van der Waals surface area contributed by atoms with Crippen LogP contribution >= 0.6 is 7.82 Å². The summed E-state index contributed by atoms with van der Waals surface area (Å²) < 4.78 is 24.4. The highest BCUT2D eigenvalue weighted by Gasteiger charge is 2.34. The maximum absolute atomic E-state index is 10.8. The maximum Gasteiger partial charge on any atom is 0.472 e. The van der Waals surface area contributed by atoms with Crippen LogP contribution in [0.15, 0.2) is 0 Å². The van der Waals surface area contributed by atoms with Gasteiger partial charge in [-0.2, -0.15) is 0 Å². The first-order valence-electron chi connectivity index (χ1n) is 3.38. The number of aliphatic hydroxyl groups excluding tert-OH is 1. The van der Waals surface area contributed by atoms with Crippen LogP contribution in [0.25, 0.3) is 0 Å². The molecule has 1 aliphatic rings. The molecule has 7 heteroatoms. The standard InChI is InChI=1S/C5H11O6P/c1-9-12(7,8)11-5-3-10-2-4(5)6/h4-6H,2-3H2,1H3,(H,7,8)/t4-,5+/m0/s1. The molecule has 12 heavy (non-hydrogen) atoms. The second kappa shape index (κ2) is 3.83. The molecule has 1 saturated heterocycles. The van der Waals surface area contributed by atoms with E-state index >= 15 is 0 Å². The molecular formula is C5H11O6P. The van der Waals surface area contributed by atoms with Crippen molar-refractivity contribution in [2.24, 2.45) is 0 Å². The summed E-state index contributed by atoms with van der Waals surface area (Å²) in [5.74, 6) is 0. The Morgan fingerprint density at radius 3 is 2.67 bits per heavy atom.